The summed E-state index contributed by atoms with van der Waals surface area (Å²) < 4.78 is 1.63. The molecule has 0 N–H and O–H groups in total. The van der Waals surface area contributed by atoms with E-state index in [-0.39, 0.29) is 30.8 Å². The predicted octanol–water partition coefficient (Wildman–Crippen LogP) is 6.92. The van der Waals surface area contributed by atoms with Crippen LogP contribution in [-0.4, -0.2) is 35.7 Å². The summed E-state index contributed by atoms with van der Waals surface area (Å²) >= 11 is 6.96. The monoisotopic (exact) mass is 604 g/mol. The Kier molecular flexibility index (Phi) is 6.53. The van der Waals surface area contributed by atoms with Gasteiger partial charge in [0.05, 0.1) is 0 Å². The van der Waals surface area contributed by atoms with E-state index in [1.165, 1.54) is 4.90 Å². The van der Waals surface area contributed by atoms with Gasteiger partial charge in [0, 0.05) is 49.8 Å². The molecule has 5 nitrogen and oxygen atoms in total. The fourth-order valence-electron chi connectivity index (χ4n) is 4.73. The Morgan fingerprint density at radius 3 is 2.31 bits per heavy atom. The Labute approximate surface area is 226 Å². The maximum atomic E-state index is 13.7. The fraction of sp³-hybridized carbons (Fsp3) is 0.138. The SMILES string of the molecule is Cc1ccc(N(CCN2C(=O)c3cccc4c(Br)ccc(c34)C2=O)C(=O)c2cccc(Br)c2)c(C)c1. The molecule has 0 unspecified atom stereocenters. The highest BCUT2D eigenvalue weighted by Crippen LogP contribution is 2.34. The number of carbonyl (C=O) groups is 3. The molecule has 0 saturated heterocycles. The van der Waals surface area contributed by atoms with Gasteiger partial charge in [0.1, 0.15) is 0 Å². The molecule has 0 spiro atoms. The minimum Gasteiger partial charge on any atom is -0.306 e. The predicted molar refractivity (Wildman–Crippen MR) is 149 cm³/mol. The van der Waals surface area contributed by atoms with Crippen LogP contribution >= 0.6 is 31.9 Å². The van der Waals surface area contributed by atoms with Crippen molar-refractivity contribution < 1.29 is 14.4 Å². The van der Waals surface area contributed by atoms with Crippen LogP contribution in [0.15, 0.2) is 81.7 Å². The summed E-state index contributed by atoms with van der Waals surface area (Å²) in [4.78, 5) is 43.5. The van der Waals surface area contributed by atoms with Crippen LogP contribution < -0.4 is 4.90 Å². The topological polar surface area (TPSA) is 57.7 Å². The van der Waals surface area contributed by atoms with Crippen LogP contribution in [0.25, 0.3) is 10.8 Å². The summed E-state index contributed by atoms with van der Waals surface area (Å²) in [6, 6.07) is 22.1. The van der Waals surface area contributed by atoms with E-state index in [9.17, 15) is 14.4 Å². The smallest absolute Gasteiger partial charge is 0.261 e. The van der Waals surface area contributed by atoms with E-state index in [1.807, 2.05) is 62.4 Å². The zero-order valence-corrected chi connectivity index (χ0v) is 22.9. The summed E-state index contributed by atoms with van der Waals surface area (Å²) in [6.45, 7) is 4.18. The first-order valence-electron chi connectivity index (χ1n) is 11.5. The molecule has 0 atom stereocenters. The normalized spacial score (nSPS) is 12.8. The molecule has 7 heteroatoms. The van der Waals surface area contributed by atoms with Crippen LogP contribution in [0.1, 0.15) is 42.2 Å². The molecule has 0 fully saturated rings. The third-order valence-electron chi connectivity index (χ3n) is 6.45. The van der Waals surface area contributed by atoms with Crippen molar-refractivity contribution in [3.05, 3.63) is 110 Å². The summed E-state index contributed by atoms with van der Waals surface area (Å²) in [5.74, 6) is -0.912. The van der Waals surface area contributed by atoms with Crippen molar-refractivity contribution in [2.24, 2.45) is 0 Å². The van der Waals surface area contributed by atoms with Gasteiger partial charge in [-0.3, -0.25) is 19.3 Å². The molecule has 36 heavy (non-hydrogen) atoms. The first-order chi connectivity index (χ1) is 17.3. The largest absolute Gasteiger partial charge is 0.306 e. The minimum atomic E-state index is -0.355. The lowest BCUT2D eigenvalue weighted by atomic mass is 9.94. The van der Waals surface area contributed by atoms with Gasteiger partial charge in [-0.2, -0.15) is 0 Å². The number of carbonyl (C=O) groups excluding carboxylic acids is 3. The Morgan fingerprint density at radius 2 is 1.58 bits per heavy atom. The van der Waals surface area contributed by atoms with Crippen molar-refractivity contribution in [2.75, 3.05) is 18.0 Å². The molecule has 0 aromatic heterocycles. The van der Waals surface area contributed by atoms with Crippen molar-refractivity contribution in [3.8, 4) is 0 Å². The second kappa shape index (κ2) is 9.64. The van der Waals surface area contributed by atoms with Gasteiger partial charge >= 0.3 is 0 Å². The zero-order chi connectivity index (χ0) is 25.6. The number of hydrogen-bond donors (Lipinski definition) is 0. The number of aryl methyl sites for hydroxylation is 2. The minimum absolute atomic E-state index is 0.0661. The maximum Gasteiger partial charge on any atom is 0.261 e. The van der Waals surface area contributed by atoms with Gasteiger partial charge in [-0.25, -0.2) is 0 Å². The highest BCUT2D eigenvalue weighted by atomic mass is 79.9. The Bertz CT molecular complexity index is 1540. The lowest BCUT2D eigenvalue weighted by Crippen LogP contribution is -2.46. The number of hydrogen-bond acceptors (Lipinski definition) is 3. The summed E-state index contributed by atoms with van der Waals surface area (Å²) in [5.41, 5.74) is 4.26. The lowest BCUT2D eigenvalue weighted by Gasteiger charge is -2.31. The fourth-order valence-corrected chi connectivity index (χ4v) is 5.59. The van der Waals surface area contributed by atoms with E-state index in [1.54, 1.807) is 29.2 Å². The van der Waals surface area contributed by atoms with Crippen molar-refractivity contribution >= 4 is 66.0 Å². The molecule has 0 radical (unpaired) electrons. The molecular weight excluding hydrogens is 584 g/mol. The van der Waals surface area contributed by atoms with Crippen molar-refractivity contribution in [1.29, 1.82) is 0 Å². The van der Waals surface area contributed by atoms with Gasteiger partial charge in [-0.05, 0) is 67.3 Å². The highest BCUT2D eigenvalue weighted by Gasteiger charge is 2.34. The van der Waals surface area contributed by atoms with Gasteiger partial charge in [-0.15, -0.1) is 0 Å². The highest BCUT2D eigenvalue weighted by molar-refractivity contribution is 9.11. The van der Waals surface area contributed by atoms with Crippen LogP contribution in [0.5, 0.6) is 0 Å². The van der Waals surface area contributed by atoms with Gasteiger partial charge in [0.15, 0.2) is 0 Å². The maximum absolute atomic E-state index is 13.7. The van der Waals surface area contributed by atoms with Crippen LogP contribution in [0, 0.1) is 13.8 Å². The molecule has 4 aromatic rings. The molecular formula is C29H22Br2N2O3. The lowest BCUT2D eigenvalue weighted by molar-refractivity contribution is 0.0611. The number of halogens is 2. The van der Waals surface area contributed by atoms with E-state index in [4.69, 9.17) is 0 Å². The van der Waals surface area contributed by atoms with E-state index >= 15 is 0 Å². The first kappa shape index (κ1) is 24.4. The first-order valence-corrected chi connectivity index (χ1v) is 13.1. The van der Waals surface area contributed by atoms with E-state index in [2.05, 4.69) is 31.9 Å². The number of benzene rings is 4. The molecule has 1 aliphatic rings. The average molecular weight is 606 g/mol. The van der Waals surface area contributed by atoms with Crippen molar-refractivity contribution in [1.82, 2.24) is 4.90 Å². The molecule has 0 aliphatic carbocycles. The molecule has 0 saturated carbocycles. The third kappa shape index (κ3) is 4.27. The van der Waals surface area contributed by atoms with E-state index in [0.717, 1.165) is 31.1 Å². The van der Waals surface area contributed by atoms with Gasteiger partial charge < -0.3 is 4.90 Å². The average Bonchev–Trinajstić information content (AvgIpc) is 2.86. The van der Waals surface area contributed by atoms with Crippen LogP contribution in [-0.2, 0) is 0 Å². The Morgan fingerprint density at radius 1 is 0.861 bits per heavy atom. The second-order valence-electron chi connectivity index (χ2n) is 8.84. The third-order valence-corrected chi connectivity index (χ3v) is 7.63. The van der Waals surface area contributed by atoms with E-state index < -0.39 is 0 Å². The zero-order valence-electron chi connectivity index (χ0n) is 19.7. The Balaban J connectivity index is 1.51. The summed E-state index contributed by atoms with van der Waals surface area (Å²) in [7, 11) is 0. The standard InChI is InChI=1S/C29H22Br2N2O3/c1-17-9-12-25(18(2)15-17)32(27(34)19-5-3-6-20(30)16-19)13-14-33-28(35)22-8-4-7-21-24(31)11-10-23(26(21)22)29(33)36/h3-12,15-16H,13-14H2,1-2H3. The van der Waals surface area contributed by atoms with Crippen LogP contribution in [0.3, 0.4) is 0 Å². The Hall–Kier alpha value is -3.29. The van der Waals surface area contributed by atoms with Crippen molar-refractivity contribution in [2.45, 2.75) is 13.8 Å². The number of rotatable bonds is 5. The van der Waals surface area contributed by atoms with E-state index in [0.29, 0.717) is 22.1 Å². The molecule has 5 rings (SSSR count). The van der Waals surface area contributed by atoms with Crippen LogP contribution in [0.2, 0.25) is 0 Å². The number of nitrogens with zero attached hydrogens (tertiary/aromatic N) is 2. The molecule has 0 bridgehead atoms. The van der Waals surface area contributed by atoms with Gasteiger partial charge in [-0.1, -0.05) is 67.8 Å². The molecule has 1 aliphatic heterocycles. The van der Waals surface area contributed by atoms with Gasteiger partial charge in [0.2, 0.25) is 0 Å². The number of anilines is 1. The van der Waals surface area contributed by atoms with Gasteiger partial charge in [0.25, 0.3) is 17.7 Å². The van der Waals surface area contributed by atoms with Crippen molar-refractivity contribution in [3.63, 3.8) is 0 Å². The van der Waals surface area contributed by atoms with Crippen LogP contribution in [0.4, 0.5) is 5.69 Å². The quantitative estimate of drug-likeness (QED) is 0.232. The summed E-state index contributed by atoms with van der Waals surface area (Å²) in [5, 5.41) is 1.49. The molecule has 4 aromatic carbocycles. The number of amides is 3. The number of imide groups is 1. The molecule has 1 heterocycles. The molecule has 3 amide bonds. The summed E-state index contributed by atoms with van der Waals surface area (Å²) in [6.07, 6.45) is 0. The second-order valence-corrected chi connectivity index (χ2v) is 10.6. The molecule has 180 valence electrons.